The van der Waals surface area contributed by atoms with E-state index in [-0.39, 0.29) is 6.61 Å². The lowest BCUT2D eigenvalue weighted by atomic mass is 10.2. The number of aromatic nitrogens is 2. The van der Waals surface area contributed by atoms with Gasteiger partial charge in [0.1, 0.15) is 0 Å². The van der Waals surface area contributed by atoms with Crippen LogP contribution in [0.5, 0.6) is 11.5 Å². The number of nitrogens with zero attached hydrogens (tertiary/aromatic N) is 2. The second-order valence-electron chi connectivity index (χ2n) is 4.80. The molecule has 1 aliphatic carbocycles. The van der Waals surface area contributed by atoms with Crippen LogP contribution in [0.4, 0.5) is 0 Å². The van der Waals surface area contributed by atoms with E-state index < -0.39 is 0 Å². The molecule has 0 amide bonds. The van der Waals surface area contributed by atoms with E-state index in [4.69, 9.17) is 19.7 Å². The summed E-state index contributed by atoms with van der Waals surface area (Å²) in [6.45, 7) is 0.698. The molecule has 2 aromatic rings. The molecule has 106 valence electrons. The topological polar surface area (TPSA) is 83.4 Å². The molecule has 0 unspecified atom stereocenters. The van der Waals surface area contributed by atoms with E-state index >= 15 is 0 Å². The molecule has 0 saturated heterocycles. The quantitative estimate of drug-likeness (QED) is 0.868. The van der Waals surface area contributed by atoms with Crippen LogP contribution in [0.1, 0.15) is 36.0 Å². The van der Waals surface area contributed by atoms with Crippen molar-refractivity contribution in [3.63, 3.8) is 0 Å². The number of methoxy groups -OCH3 is 1. The van der Waals surface area contributed by atoms with E-state index in [1.165, 1.54) is 0 Å². The molecule has 3 rings (SSSR count). The highest BCUT2D eigenvalue weighted by Gasteiger charge is 2.28. The molecule has 1 saturated carbocycles. The van der Waals surface area contributed by atoms with Crippen LogP contribution in [0.15, 0.2) is 22.7 Å². The Morgan fingerprint density at radius 2 is 2.20 bits per heavy atom. The molecule has 0 aliphatic heterocycles. The van der Waals surface area contributed by atoms with Crippen molar-refractivity contribution in [3.05, 3.63) is 35.5 Å². The molecular formula is C14H17N3O3. The van der Waals surface area contributed by atoms with Crippen molar-refractivity contribution in [2.24, 2.45) is 5.73 Å². The maximum absolute atomic E-state index is 5.66. The minimum Gasteiger partial charge on any atom is -0.493 e. The first-order chi connectivity index (χ1) is 9.80. The number of rotatable bonds is 6. The molecule has 0 bridgehead atoms. The lowest BCUT2D eigenvalue weighted by Crippen LogP contribution is -2.01. The van der Waals surface area contributed by atoms with E-state index in [2.05, 4.69) is 10.1 Å². The molecule has 1 aliphatic rings. The Morgan fingerprint density at radius 3 is 2.90 bits per heavy atom. The lowest BCUT2D eigenvalue weighted by molar-refractivity contribution is 0.233. The van der Waals surface area contributed by atoms with Crippen LogP contribution < -0.4 is 15.2 Å². The molecular weight excluding hydrogens is 258 g/mol. The van der Waals surface area contributed by atoms with Crippen molar-refractivity contribution in [2.75, 3.05) is 7.11 Å². The zero-order valence-corrected chi connectivity index (χ0v) is 11.3. The molecule has 6 heteroatoms. The summed E-state index contributed by atoms with van der Waals surface area (Å²) < 4.78 is 16.1. The van der Waals surface area contributed by atoms with Gasteiger partial charge < -0.3 is 19.7 Å². The van der Waals surface area contributed by atoms with Gasteiger partial charge in [-0.2, -0.15) is 4.98 Å². The number of hydrogen-bond acceptors (Lipinski definition) is 6. The maximum Gasteiger partial charge on any atom is 0.264 e. The third-order valence-corrected chi connectivity index (χ3v) is 3.24. The lowest BCUT2D eigenvalue weighted by Gasteiger charge is -2.10. The van der Waals surface area contributed by atoms with Gasteiger partial charge in [-0.05, 0) is 30.5 Å². The summed E-state index contributed by atoms with van der Waals surface area (Å²) in [6.07, 6.45) is 2.29. The number of hydrogen-bond donors (Lipinski definition) is 1. The molecule has 0 spiro atoms. The molecule has 1 aromatic carbocycles. The highest BCUT2D eigenvalue weighted by molar-refractivity contribution is 5.42. The summed E-state index contributed by atoms with van der Waals surface area (Å²) >= 11 is 0. The predicted octanol–water partition coefficient (Wildman–Crippen LogP) is 1.99. The Labute approximate surface area is 116 Å². The summed E-state index contributed by atoms with van der Waals surface area (Å²) in [5, 5.41) is 3.95. The van der Waals surface area contributed by atoms with Gasteiger partial charge in [0.25, 0.3) is 5.89 Å². The molecule has 0 atom stereocenters. The van der Waals surface area contributed by atoms with Gasteiger partial charge in [-0.3, -0.25) is 0 Å². The van der Waals surface area contributed by atoms with Gasteiger partial charge in [0.2, 0.25) is 0 Å². The van der Waals surface area contributed by atoms with Crippen LogP contribution in [-0.2, 0) is 13.2 Å². The first-order valence-electron chi connectivity index (χ1n) is 6.62. The van der Waals surface area contributed by atoms with Crippen molar-refractivity contribution >= 4 is 0 Å². The average Bonchev–Trinajstić information content (AvgIpc) is 3.24. The van der Waals surface area contributed by atoms with E-state index in [0.29, 0.717) is 29.9 Å². The van der Waals surface area contributed by atoms with Gasteiger partial charge in [-0.15, -0.1) is 0 Å². The molecule has 1 fully saturated rings. The number of nitrogens with two attached hydrogens (primary N) is 1. The van der Waals surface area contributed by atoms with Crippen LogP contribution in [0.2, 0.25) is 0 Å². The molecule has 6 nitrogen and oxygen atoms in total. The van der Waals surface area contributed by atoms with Crippen LogP contribution >= 0.6 is 0 Å². The maximum atomic E-state index is 5.66. The Balaban J connectivity index is 1.67. The molecule has 1 aromatic heterocycles. The van der Waals surface area contributed by atoms with E-state index in [0.717, 1.165) is 24.2 Å². The van der Waals surface area contributed by atoms with Crippen molar-refractivity contribution in [3.8, 4) is 11.5 Å². The van der Waals surface area contributed by atoms with Crippen molar-refractivity contribution in [2.45, 2.75) is 31.9 Å². The van der Waals surface area contributed by atoms with Gasteiger partial charge >= 0.3 is 0 Å². The first kappa shape index (κ1) is 12.9. The second kappa shape index (κ2) is 5.50. The molecule has 0 radical (unpaired) electrons. The zero-order valence-electron chi connectivity index (χ0n) is 11.3. The van der Waals surface area contributed by atoms with Crippen LogP contribution in [-0.4, -0.2) is 17.3 Å². The zero-order chi connectivity index (χ0) is 13.9. The monoisotopic (exact) mass is 275 g/mol. The summed E-state index contributed by atoms with van der Waals surface area (Å²) in [5.74, 6) is 3.03. The molecule has 20 heavy (non-hydrogen) atoms. The minimum atomic E-state index is 0.234. The van der Waals surface area contributed by atoms with Gasteiger partial charge in [0, 0.05) is 12.5 Å². The van der Waals surface area contributed by atoms with Gasteiger partial charge in [-0.25, -0.2) is 0 Å². The Morgan fingerprint density at radius 1 is 1.35 bits per heavy atom. The predicted molar refractivity (Wildman–Crippen MR) is 71.5 cm³/mol. The fraction of sp³-hybridized carbons (Fsp3) is 0.429. The summed E-state index contributed by atoms with van der Waals surface area (Å²) in [4.78, 5) is 4.31. The van der Waals surface area contributed by atoms with E-state index in [1.54, 1.807) is 7.11 Å². The van der Waals surface area contributed by atoms with Crippen LogP contribution in [0, 0.1) is 0 Å². The summed E-state index contributed by atoms with van der Waals surface area (Å²) in [7, 11) is 1.60. The normalized spacial score (nSPS) is 14.3. The average molecular weight is 275 g/mol. The summed E-state index contributed by atoms with van der Waals surface area (Å²) in [6, 6.07) is 5.60. The van der Waals surface area contributed by atoms with Crippen molar-refractivity contribution in [1.82, 2.24) is 10.1 Å². The Bertz CT molecular complexity index is 593. The van der Waals surface area contributed by atoms with E-state index in [1.807, 2.05) is 18.2 Å². The highest BCUT2D eigenvalue weighted by Crippen LogP contribution is 2.38. The fourth-order valence-corrected chi connectivity index (χ4v) is 1.93. The highest BCUT2D eigenvalue weighted by atomic mass is 16.5. The fourth-order valence-electron chi connectivity index (χ4n) is 1.93. The standard InChI is InChI=1S/C14H17N3O3/c1-18-12-6-9(7-15)2-5-11(12)19-8-13-16-14(17-20-13)10-3-4-10/h2,5-6,10H,3-4,7-8,15H2,1H3. The number of ether oxygens (including phenoxy) is 2. The molecule has 1 heterocycles. The Kier molecular flexibility index (Phi) is 3.56. The molecule has 2 N–H and O–H groups in total. The van der Waals surface area contributed by atoms with Gasteiger partial charge in [0.15, 0.2) is 23.9 Å². The Hall–Kier alpha value is -2.08. The van der Waals surface area contributed by atoms with Crippen LogP contribution in [0.25, 0.3) is 0 Å². The minimum absolute atomic E-state index is 0.234. The van der Waals surface area contributed by atoms with Crippen molar-refractivity contribution < 1.29 is 14.0 Å². The SMILES string of the molecule is COc1cc(CN)ccc1OCc1nc(C2CC2)no1. The number of benzene rings is 1. The summed E-state index contributed by atoms with van der Waals surface area (Å²) in [5.41, 5.74) is 6.58. The third kappa shape index (κ3) is 2.75. The second-order valence-corrected chi connectivity index (χ2v) is 4.80. The smallest absolute Gasteiger partial charge is 0.264 e. The van der Waals surface area contributed by atoms with E-state index in [9.17, 15) is 0 Å². The van der Waals surface area contributed by atoms with Crippen LogP contribution in [0.3, 0.4) is 0 Å². The van der Waals surface area contributed by atoms with Gasteiger partial charge in [0.05, 0.1) is 7.11 Å². The first-order valence-corrected chi connectivity index (χ1v) is 6.62. The third-order valence-electron chi connectivity index (χ3n) is 3.24. The largest absolute Gasteiger partial charge is 0.493 e. The van der Waals surface area contributed by atoms with Crippen molar-refractivity contribution in [1.29, 1.82) is 0 Å². The van der Waals surface area contributed by atoms with Gasteiger partial charge in [-0.1, -0.05) is 11.2 Å².